The van der Waals surface area contributed by atoms with Crippen LogP contribution in [0, 0.1) is 0 Å². The minimum Gasteiger partial charge on any atom is -0.444 e. The predicted octanol–water partition coefficient (Wildman–Crippen LogP) is 3.40. The first-order chi connectivity index (χ1) is 9.26. The van der Waals surface area contributed by atoms with Crippen molar-refractivity contribution in [3.05, 3.63) is 22.3 Å². The summed E-state index contributed by atoms with van der Waals surface area (Å²) in [5, 5.41) is 3.27. The molecule has 2 heterocycles. The predicted molar refractivity (Wildman–Crippen MR) is 81.7 cm³/mol. The van der Waals surface area contributed by atoms with Crippen molar-refractivity contribution in [1.82, 2.24) is 9.88 Å². The van der Waals surface area contributed by atoms with Gasteiger partial charge in [-0.25, -0.2) is 9.78 Å². The van der Waals surface area contributed by atoms with Gasteiger partial charge >= 0.3 is 6.09 Å². The molecule has 1 aromatic rings. The number of pyridine rings is 1. The van der Waals surface area contributed by atoms with Crippen molar-refractivity contribution >= 4 is 27.8 Å². The summed E-state index contributed by atoms with van der Waals surface area (Å²) in [7, 11) is 0. The molecule has 6 heteroatoms. The molecule has 1 atom stereocenters. The molecule has 0 spiro atoms. The standard InChI is InChI=1S/C14H20BrN3O2/c1-9-6-16-12-10(5-11(15)7-17-12)8-18(9)13(19)20-14(2,3)4/h5,7,9H,6,8H2,1-4H3,(H,16,17)/t9-/m1/s1. The van der Waals surface area contributed by atoms with Crippen molar-refractivity contribution in [2.75, 3.05) is 11.9 Å². The van der Waals surface area contributed by atoms with Crippen LogP contribution < -0.4 is 5.32 Å². The average Bonchev–Trinajstić information content (AvgIpc) is 2.47. The molecule has 20 heavy (non-hydrogen) atoms. The molecule has 0 radical (unpaired) electrons. The Labute approximate surface area is 127 Å². The van der Waals surface area contributed by atoms with E-state index in [2.05, 4.69) is 26.2 Å². The number of carbonyl (C=O) groups is 1. The number of hydrogen-bond donors (Lipinski definition) is 1. The fraction of sp³-hybridized carbons (Fsp3) is 0.571. The highest BCUT2D eigenvalue weighted by Crippen LogP contribution is 2.24. The van der Waals surface area contributed by atoms with Crippen molar-refractivity contribution in [3.63, 3.8) is 0 Å². The van der Waals surface area contributed by atoms with Crippen LogP contribution in [0.3, 0.4) is 0 Å². The summed E-state index contributed by atoms with van der Waals surface area (Å²) in [4.78, 5) is 18.4. The minimum atomic E-state index is -0.491. The van der Waals surface area contributed by atoms with Gasteiger partial charge in [0.25, 0.3) is 0 Å². The van der Waals surface area contributed by atoms with Crippen LogP contribution in [0.25, 0.3) is 0 Å². The van der Waals surface area contributed by atoms with Crippen molar-refractivity contribution in [2.45, 2.75) is 45.9 Å². The molecule has 1 N–H and O–H groups in total. The molecule has 1 aliphatic heterocycles. The van der Waals surface area contributed by atoms with Gasteiger partial charge in [-0.15, -0.1) is 0 Å². The van der Waals surface area contributed by atoms with Gasteiger partial charge in [-0.05, 0) is 49.7 Å². The number of nitrogens with one attached hydrogen (secondary N) is 1. The molecule has 1 aliphatic rings. The number of amides is 1. The molecule has 0 unspecified atom stereocenters. The second-order valence-electron chi connectivity index (χ2n) is 6.00. The first-order valence-electron chi connectivity index (χ1n) is 6.64. The van der Waals surface area contributed by atoms with Gasteiger partial charge in [0.1, 0.15) is 11.4 Å². The maximum absolute atomic E-state index is 12.3. The van der Waals surface area contributed by atoms with Crippen LogP contribution in [0.5, 0.6) is 0 Å². The number of rotatable bonds is 0. The van der Waals surface area contributed by atoms with E-state index in [0.717, 1.165) is 15.9 Å². The summed E-state index contributed by atoms with van der Waals surface area (Å²) >= 11 is 3.41. The summed E-state index contributed by atoms with van der Waals surface area (Å²) in [5.74, 6) is 0.825. The number of carbonyl (C=O) groups excluding carboxylic acids is 1. The van der Waals surface area contributed by atoms with Crippen LogP contribution in [0.15, 0.2) is 16.7 Å². The van der Waals surface area contributed by atoms with E-state index in [-0.39, 0.29) is 12.1 Å². The number of halogens is 1. The third-order valence-corrected chi connectivity index (χ3v) is 3.43. The smallest absolute Gasteiger partial charge is 0.410 e. The number of hydrogen-bond acceptors (Lipinski definition) is 4. The first-order valence-corrected chi connectivity index (χ1v) is 7.43. The highest BCUT2D eigenvalue weighted by molar-refractivity contribution is 9.10. The van der Waals surface area contributed by atoms with Crippen molar-refractivity contribution in [1.29, 1.82) is 0 Å². The number of nitrogens with zero attached hydrogens (tertiary/aromatic N) is 2. The molecule has 2 rings (SSSR count). The van der Waals surface area contributed by atoms with E-state index in [9.17, 15) is 4.79 Å². The molecule has 110 valence electrons. The lowest BCUT2D eigenvalue weighted by atomic mass is 10.2. The van der Waals surface area contributed by atoms with Crippen molar-refractivity contribution in [3.8, 4) is 0 Å². The number of anilines is 1. The summed E-state index contributed by atoms with van der Waals surface area (Å²) in [6, 6.07) is 2.02. The molecule has 0 saturated carbocycles. The topological polar surface area (TPSA) is 54.5 Å². The Morgan fingerprint density at radius 2 is 2.25 bits per heavy atom. The SMILES string of the molecule is C[C@@H]1CNc2ncc(Br)cc2CN1C(=O)OC(C)(C)C. The Kier molecular flexibility index (Phi) is 4.22. The van der Waals surface area contributed by atoms with Crippen LogP contribution in [-0.4, -0.2) is 34.2 Å². The van der Waals surface area contributed by atoms with Crippen molar-refractivity contribution in [2.24, 2.45) is 0 Å². The average molecular weight is 342 g/mol. The lowest BCUT2D eigenvalue weighted by Crippen LogP contribution is -2.43. The van der Waals surface area contributed by atoms with E-state index >= 15 is 0 Å². The normalized spacial score (nSPS) is 18.9. The molecule has 0 aromatic carbocycles. The summed E-state index contributed by atoms with van der Waals surface area (Å²) in [6.07, 6.45) is 1.46. The maximum Gasteiger partial charge on any atom is 0.410 e. The molecular weight excluding hydrogens is 322 g/mol. The molecule has 0 fully saturated rings. The van der Waals surface area contributed by atoms with E-state index in [1.807, 2.05) is 33.8 Å². The number of fused-ring (bicyclic) bond motifs is 1. The van der Waals surface area contributed by atoms with E-state index < -0.39 is 5.60 Å². The Hall–Kier alpha value is -1.30. The van der Waals surface area contributed by atoms with Gasteiger partial charge in [0.2, 0.25) is 0 Å². The molecular formula is C14H20BrN3O2. The fourth-order valence-electron chi connectivity index (χ4n) is 2.02. The first kappa shape index (κ1) is 15.1. The molecule has 0 saturated heterocycles. The summed E-state index contributed by atoms with van der Waals surface area (Å²) in [6.45, 7) is 8.76. The fourth-order valence-corrected chi connectivity index (χ4v) is 2.40. The highest BCUT2D eigenvalue weighted by atomic mass is 79.9. The minimum absolute atomic E-state index is 0.0397. The molecule has 5 nitrogen and oxygen atoms in total. The van der Waals surface area contributed by atoms with Gasteiger partial charge in [-0.3, -0.25) is 4.90 Å². The van der Waals surface area contributed by atoms with Gasteiger partial charge in [0.15, 0.2) is 0 Å². The van der Waals surface area contributed by atoms with Crippen LogP contribution in [0.2, 0.25) is 0 Å². The molecule has 0 aliphatic carbocycles. The zero-order chi connectivity index (χ0) is 14.9. The Morgan fingerprint density at radius 1 is 1.55 bits per heavy atom. The monoisotopic (exact) mass is 341 g/mol. The van der Waals surface area contributed by atoms with E-state index in [1.54, 1.807) is 11.1 Å². The van der Waals surface area contributed by atoms with Crippen LogP contribution >= 0.6 is 15.9 Å². The van der Waals surface area contributed by atoms with Crippen LogP contribution in [-0.2, 0) is 11.3 Å². The van der Waals surface area contributed by atoms with Crippen LogP contribution in [0.4, 0.5) is 10.6 Å². The highest BCUT2D eigenvalue weighted by Gasteiger charge is 2.29. The second-order valence-corrected chi connectivity index (χ2v) is 6.92. The molecule has 0 bridgehead atoms. The molecule has 1 aromatic heterocycles. The number of ether oxygens (including phenoxy) is 1. The zero-order valence-corrected chi connectivity index (χ0v) is 13.8. The quantitative estimate of drug-likeness (QED) is 0.785. The van der Waals surface area contributed by atoms with Gasteiger partial charge in [0, 0.05) is 28.8 Å². The Bertz CT molecular complexity index is 514. The summed E-state index contributed by atoms with van der Waals surface area (Å²) < 4.78 is 6.38. The number of aromatic nitrogens is 1. The Morgan fingerprint density at radius 3 is 2.90 bits per heavy atom. The lowest BCUT2D eigenvalue weighted by molar-refractivity contribution is 0.0172. The molecule has 1 amide bonds. The largest absolute Gasteiger partial charge is 0.444 e. The third-order valence-electron chi connectivity index (χ3n) is 3.00. The van der Waals surface area contributed by atoms with Gasteiger partial charge in [-0.1, -0.05) is 0 Å². The van der Waals surface area contributed by atoms with Gasteiger partial charge in [0.05, 0.1) is 6.54 Å². The Balaban J connectivity index is 2.23. The van der Waals surface area contributed by atoms with E-state index in [4.69, 9.17) is 4.74 Å². The van der Waals surface area contributed by atoms with Crippen molar-refractivity contribution < 1.29 is 9.53 Å². The zero-order valence-electron chi connectivity index (χ0n) is 12.2. The van der Waals surface area contributed by atoms with Gasteiger partial charge in [-0.2, -0.15) is 0 Å². The lowest BCUT2D eigenvalue weighted by Gasteiger charge is -2.30. The van der Waals surface area contributed by atoms with E-state index in [1.165, 1.54) is 0 Å². The second kappa shape index (κ2) is 5.60. The van der Waals surface area contributed by atoms with E-state index in [0.29, 0.717) is 13.1 Å². The van der Waals surface area contributed by atoms with Gasteiger partial charge < -0.3 is 10.1 Å². The third kappa shape index (κ3) is 3.62. The maximum atomic E-state index is 12.3. The van der Waals surface area contributed by atoms with Crippen LogP contribution in [0.1, 0.15) is 33.3 Å². The summed E-state index contributed by atoms with van der Waals surface area (Å²) in [5.41, 5.74) is 0.490.